The fourth-order valence-corrected chi connectivity index (χ4v) is 3.80. The Balaban J connectivity index is 1.61. The van der Waals surface area contributed by atoms with Gasteiger partial charge in [0.25, 0.3) is 0 Å². The Labute approximate surface area is 141 Å². The van der Waals surface area contributed by atoms with Gasteiger partial charge in [-0.05, 0) is 36.6 Å². The maximum absolute atomic E-state index is 11.9. The SMILES string of the molecule is CCCS(=O)(=O)c1ccc(NCCc2c[nH]c3ccccc23)nn1. The summed E-state index contributed by atoms with van der Waals surface area (Å²) in [6.07, 6.45) is 3.41. The molecule has 2 heterocycles. The van der Waals surface area contributed by atoms with E-state index in [2.05, 4.69) is 26.6 Å². The lowest BCUT2D eigenvalue weighted by atomic mass is 10.1. The van der Waals surface area contributed by atoms with Crippen LogP contribution in [0.4, 0.5) is 5.82 Å². The molecule has 0 aliphatic heterocycles. The van der Waals surface area contributed by atoms with Gasteiger partial charge in [-0.1, -0.05) is 25.1 Å². The highest BCUT2D eigenvalue weighted by Gasteiger charge is 2.15. The van der Waals surface area contributed by atoms with Gasteiger partial charge in [-0.3, -0.25) is 0 Å². The van der Waals surface area contributed by atoms with Crippen LogP contribution in [-0.4, -0.2) is 35.9 Å². The Morgan fingerprint density at radius 3 is 2.71 bits per heavy atom. The van der Waals surface area contributed by atoms with E-state index in [1.807, 2.05) is 31.3 Å². The van der Waals surface area contributed by atoms with Crippen molar-refractivity contribution in [2.45, 2.75) is 24.8 Å². The van der Waals surface area contributed by atoms with Gasteiger partial charge >= 0.3 is 0 Å². The Kier molecular flexibility index (Phi) is 4.80. The van der Waals surface area contributed by atoms with Gasteiger partial charge < -0.3 is 10.3 Å². The quantitative estimate of drug-likeness (QED) is 0.688. The number of hydrogen-bond donors (Lipinski definition) is 2. The first-order chi connectivity index (χ1) is 11.6. The normalized spacial score (nSPS) is 11.7. The minimum atomic E-state index is -3.31. The summed E-state index contributed by atoms with van der Waals surface area (Å²) in [7, 11) is -3.31. The van der Waals surface area contributed by atoms with Crippen molar-refractivity contribution in [3.05, 3.63) is 48.2 Å². The average molecular weight is 344 g/mol. The predicted molar refractivity (Wildman–Crippen MR) is 94.9 cm³/mol. The zero-order chi connectivity index (χ0) is 17.0. The van der Waals surface area contributed by atoms with Crippen LogP contribution in [0.25, 0.3) is 10.9 Å². The number of rotatable bonds is 7. The summed E-state index contributed by atoms with van der Waals surface area (Å²) in [5.41, 5.74) is 2.35. The van der Waals surface area contributed by atoms with Gasteiger partial charge in [-0.2, -0.15) is 0 Å². The topological polar surface area (TPSA) is 87.7 Å². The molecule has 3 aromatic rings. The number of aromatic amines is 1. The molecular formula is C17H20N4O2S. The first-order valence-corrected chi connectivity index (χ1v) is 9.61. The van der Waals surface area contributed by atoms with Crippen molar-refractivity contribution in [2.75, 3.05) is 17.6 Å². The monoisotopic (exact) mass is 344 g/mol. The molecule has 0 saturated carbocycles. The molecule has 2 N–H and O–H groups in total. The maximum atomic E-state index is 11.9. The second-order valence-electron chi connectivity index (χ2n) is 5.61. The van der Waals surface area contributed by atoms with E-state index in [-0.39, 0.29) is 10.8 Å². The second-order valence-corrected chi connectivity index (χ2v) is 7.67. The van der Waals surface area contributed by atoms with Crippen LogP contribution in [0, 0.1) is 0 Å². The van der Waals surface area contributed by atoms with Gasteiger partial charge in [0.05, 0.1) is 5.75 Å². The number of nitrogens with zero attached hydrogens (tertiary/aromatic N) is 2. The molecular weight excluding hydrogens is 324 g/mol. The molecule has 0 atom stereocenters. The van der Waals surface area contributed by atoms with Gasteiger partial charge in [0, 0.05) is 23.6 Å². The number of hydrogen-bond acceptors (Lipinski definition) is 5. The van der Waals surface area contributed by atoms with Gasteiger partial charge in [0.15, 0.2) is 14.9 Å². The lowest BCUT2D eigenvalue weighted by Crippen LogP contribution is -2.11. The van der Waals surface area contributed by atoms with Crippen LogP contribution in [0.3, 0.4) is 0 Å². The fraction of sp³-hybridized carbons (Fsp3) is 0.294. The lowest BCUT2D eigenvalue weighted by Gasteiger charge is -2.06. The number of anilines is 1. The maximum Gasteiger partial charge on any atom is 0.197 e. The third-order valence-corrected chi connectivity index (χ3v) is 5.61. The third kappa shape index (κ3) is 3.56. The largest absolute Gasteiger partial charge is 0.368 e. The van der Waals surface area contributed by atoms with E-state index in [1.54, 1.807) is 6.07 Å². The molecule has 0 aliphatic rings. The summed E-state index contributed by atoms with van der Waals surface area (Å²) in [5, 5.41) is 12.2. The van der Waals surface area contributed by atoms with E-state index in [9.17, 15) is 8.42 Å². The molecule has 24 heavy (non-hydrogen) atoms. The highest BCUT2D eigenvalue weighted by molar-refractivity contribution is 7.91. The molecule has 0 aliphatic carbocycles. The van der Waals surface area contributed by atoms with Crippen molar-refractivity contribution in [3.8, 4) is 0 Å². The summed E-state index contributed by atoms with van der Waals surface area (Å²) < 4.78 is 23.8. The van der Waals surface area contributed by atoms with E-state index < -0.39 is 9.84 Å². The van der Waals surface area contributed by atoms with Crippen LogP contribution in [0.1, 0.15) is 18.9 Å². The fourth-order valence-electron chi connectivity index (χ4n) is 2.62. The number of para-hydroxylation sites is 1. The Bertz CT molecular complexity index is 917. The molecule has 1 aromatic carbocycles. The second kappa shape index (κ2) is 7.00. The summed E-state index contributed by atoms with van der Waals surface area (Å²) in [6, 6.07) is 11.3. The minimum Gasteiger partial charge on any atom is -0.368 e. The van der Waals surface area contributed by atoms with Crippen LogP contribution in [0.15, 0.2) is 47.6 Å². The molecule has 3 rings (SSSR count). The van der Waals surface area contributed by atoms with E-state index in [1.165, 1.54) is 17.0 Å². The number of H-pyrrole nitrogens is 1. The molecule has 2 aromatic heterocycles. The molecule has 0 unspecified atom stereocenters. The summed E-state index contributed by atoms with van der Waals surface area (Å²) in [4.78, 5) is 3.25. The smallest absolute Gasteiger partial charge is 0.197 e. The van der Waals surface area contributed by atoms with Crippen molar-refractivity contribution >= 4 is 26.6 Å². The van der Waals surface area contributed by atoms with Gasteiger partial charge in [-0.25, -0.2) is 8.42 Å². The number of benzene rings is 1. The lowest BCUT2D eigenvalue weighted by molar-refractivity contribution is 0.589. The third-order valence-electron chi connectivity index (χ3n) is 3.81. The van der Waals surface area contributed by atoms with Crippen LogP contribution in [-0.2, 0) is 16.3 Å². The molecule has 126 valence electrons. The molecule has 0 saturated heterocycles. The Hall–Kier alpha value is -2.41. The van der Waals surface area contributed by atoms with Gasteiger partial charge in [0.1, 0.15) is 5.82 Å². The van der Waals surface area contributed by atoms with E-state index in [4.69, 9.17) is 0 Å². The van der Waals surface area contributed by atoms with Crippen LogP contribution in [0.5, 0.6) is 0 Å². The highest BCUT2D eigenvalue weighted by Crippen LogP contribution is 2.18. The van der Waals surface area contributed by atoms with Gasteiger partial charge in [0.2, 0.25) is 0 Å². The number of nitrogens with one attached hydrogen (secondary N) is 2. The highest BCUT2D eigenvalue weighted by atomic mass is 32.2. The Morgan fingerprint density at radius 2 is 1.96 bits per heavy atom. The van der Waals surface area contributed by atoms with E-state index in [0.717, 1.165) is 11.9 Å². The number of sulfone groups is 1. The molecule has 0 radical (unpaired) electrons. The van der Waals surface area contributed by atoms with Crippen molar-refractivity contribution in [1.29, 1.82) is 0 Å². The van der Waals surface area contributed by atoms with Crippen molar-refractivity contribution in [1.82, 2.24) is 15.2 Å². The number of fused-ring (bicyclic) bond motifs is 1. The average Bonchev–Trinajstić information content (AvgIpc) is 2.99. The molecule has 0 spiro atoms. The van der Waals surface area contributed by atoms with Gasteiger partial charge in [-0.15, -0.1) is 10.2 Å². The standard InChI is InChI=1S/C17H20N4O2S/c1-2-11-24(22,23)17-8-7-16(20-21-17)18-10-9-13-12-19-15-6-4-3-5-14(13)15/h3-8,12,19H,2,9-11H2,1H3,(H,18,20). The minimum absolute atomic E-state index is 0.0338. The molecule has 0 amide bonds. The zero-order valence-electron chi connectivity index (χ0n) is 13.5. The molecule has 0 fully saturated rings. The molecule has 0 bridgehead atoms. The van der Waals surface area contributed by atoms with Crippen molar-refractivity contribution in [2.24, 2.45) is 0 Å². The predicted octanol–water partition coefficient (Wildman–Crippen LogP) is 2.80. The van der Waals surface area contributed by atoms with Crippen LogP contribution in [0.2, 0.25) is 0 Å². The first kappa shape index (κ1) is 16.4. The van der Waals surface area contributed by atoms with Crippen molar-refractivity contribution < 1.29 is 8.42 Å². The number of aromatic nitrogens is 3. The van der Waals surface area contributed by atoms with Crippen LogP contribution >= 0.6 is 0 Å². The van der Waals surface area contributed by atoms with Crippen LogP contribution < -0.4 is 5.32 Å². The van der Waals surface area contributed by atoms with E-state index >= 15 is 0 Å². The summed E-state index contributed by atoms with van der Waals surface area (Å²) in [6.45, 7) is 2.52. The summed E-state index contributed by atoms with van der Waals surface area (Å²) >= 11 is 0. The first-order valence-electron chi connectivity index (χ1n) is 7.95. The molecule has 7 heteroatoms. The van der Waals surface area contributed by atoms with Crippen molar-refractivity contribution in [3.63, 3.8) is 0 Å². The molecule has 6 nitrogen and oxygen atoms in total. The zero-order valence-corrected chi connectivity index (χ0v) is 14.3. The van der Waals surface area contributed by atoms with E-state index in [0.29, 0.717) is 18.8 Å². The summed E-state index contributed by atoms with van der Waals surface area (Å²) in [5.74, 6) is 0.667. The Morgan fingerprint density at radius 1 is 1.12 bits per heavy atom.